The van der Waals surface area contributed by atoms with Gasteiger partial charge in [-0.2, -0.15) is 0 Å². The lowest BCUT2D eigenvalue weighted by Gasteiger charge is -2.02. The summed E-state index contributed by atoms with van der Waals surface area (Å²) in [4.78, 5) is 22.7. The second kappa shape index (κ2) is 4.18. The van der Waals surface area contributed by atoms with Crippen molar-refractivity contribution in [3.05, 3.63) is 45.5 Å². The standard InChI is InChI=1S/C13H14N2O3/c1-7(2)12(17)11-6-9(13(14)18)10-5-8(16)3-4-15(10)11/h3-7,17H,1-2H3,(H2,14,18). The van der Waals surface area contributed by atoms with Crippen molar-refractivity contribution in [1.29, 1.82) is 0 Å². The molecule has 18 heavy (non-hydrogen) atoms. The van der Waals surface area contributed by atoms with Crippen molar-refractivity contribution in [1.82, 2.24) is 4.40 Å². The third-order valence-electron chi connectivity index (χ3n) is 2.82. The van der Waals surface area contributed by atoms with Gasteiger partial charge in [0.2, 0.25) is 0 Å². The number of hydrogen-bond acceptors (Lipinski definition) is 3. The Bertz CT molecular complexity index is 729. The number of hydrogen-bond donors (Lipinski definition) is 2. The predicted octanol–water partition coefficient (Wildman–Crippen LogP) is 0.439. The lowest BCUT2D eigenvalue weighted by molar-refractivity contribution is 0.100. The third-order valence-corrected chi connectivity index (χ3v) is 2.82. The Balaban J connectivity index is 2.99. The van der Waals surface area contributed by atoms with Crippen molar-refractivity contribution in [3.8, 4) is 0 Å². The Kier molecular flexibility index (Phi) is 2.82. The lowest BCUT2D eigenvalue weighted by Crippen LogP contribution is -2.16. The quantitative estimate of drug-likeness (QED) is 0.806. The molecule has 2 aromatic rings. The molecule has 0 aliphatic heterocycles. The summed E-state index contributed by atoms with van der Waals surface area (Å²) in [6.45, 7) is 3.67. The van der Waals surface area contributed by atoms with E-state index in [1.54, 1.807) is 4.40 Å². The van der Waals surface area contributed by atoms with E-state index in [9.17, 15) is 14.7 Å². The molecule has 2 heterocycles. The number of amides is 1. The van der Waals surface area contributed by atoms with Gasteiger partial charge in [-0.15, -0.1) is 0 Å². The molecule has 0 unspecified atom stereocenters. The summed E-state index contributed by atoms with van der Waals surface area (Å²) in [6.07, 6.45) is 1.53. The normalized spacial score (nSPS) is 13.1. The summed E-state index contributed by atoms with van der Waals surface area (Å²) in [6, 6.07) is 4.21. The summed E-state index contributed by atoms with van der Waals surface area (Å²) in [5.74, 6) is -0.562. The Morgan fingerprint density at radius 1 is 1.39 bits per heavy atom. The van der Waals surface area contributed by atoms with Gasteiger partial charge in [0.1, 0.15) is 5.76 Å². The number of carbonyl (C=O) groups excluding carboxylic acids is 1. The molecule has 0 spiro atoms. The fourth-order valence-electron chi connectivity index (χ4n) is 1.87. The summed E-state index contributed by atoms with van der Waals surface area (Å²) in [5, 5.41) is 10.5. The van der Waals surface area contributed by atoms with E-state index in [0.717, 1.165) is 0 Å². The highest BCUT2D eigenvalue weighted by Crippen LogP contribution is 2.10. The number of nitrogens with zero attached hydrogens (tertiary/aromatic N) is 1. The minimum atomic E-state index is -0.624. The van der Waals surface area contributed by atoms with Crippen LogP contribution in [0.1, 0.15) is 24.2 Å². The van der Waals surface area contributed by atoms with E-state index in [4.69, 9.17) is 5.73 Å². The summed E-state index contributed by atoms with van der Waals surface area (Å²) < 4.78 is 1.59. The van der Waals surface area contributed by atoms with Crippen LogP contribution in [0.3, 0.4) is 0 Å². The minimum Gasteiger partial charge on any atom is -0.510 e. The zero-order valence-electron chi connectivity index (χ0n) is 10.2. The molecule has 2 rings (SSSR count). The van der Waals surface area contributed by atoms with Crippen LogP contribution in [-0.4, -0.2) is 15.4 Å². The number of carbonyl (C=O) groups is 1. The first-order chi connectivity index (χ1) is 8.41. The summed E-state index contributed by atoms with van der Waals surface area (Å²) in [5.41, 5.74) is 5.71. The molecule has 0 bridgehead atoms. The Morgan fingerprint density at radius 3 is 2.61 bits per heavy atom. The molecule has 0 aliphatic rings. The lowest BCUT2D eigenvalue weighted by atomic mass is 10.1. The zero-order valence-corrected chi connectivity index (χ0v) is 10.2. The maximum atomic E-state index is 11.3. The van der Waals surface area contributed by atoms with Crippen LogP contribution in [0.15, 0.2) is 29.2 Å². The summed E-state index contributed by atoms with van der Waals surface area (Å²) in [7, 11) is 0. The van der Waals surface area contributed by atoms with Crippen LogP contribution in [0.25, 0.3) is 11.3 Å². The molecule has 3 N–H and O–H groups in total. The highest BCUT2D eigenvalue weighted by atomic mass is 16.3. The molecule has 5 nitrogen and oxygen atoms in total. The number of rotatable bonds is 2. The topological polar surface area (TPSA) is 84.8 Å². The molecule has 94 valence electrons. The van der Waals surface area contributed by atoms with E-state index in [1.807, 2.05) is 13.8 Å². The molecule has 2 aromatic heterocycles. The molecule has 0 radical (unpaired) electrons. The van der Waals surface area contributed by atoms with Gasteiger partial charge in [-0.05, 0) is 6.07 Å². The molecule has 0 fully saturated rings. The van der Waals surface area contributed by atoms with Gasteiger partial charge >= 0.3 is 0 Å². The fraction of sp³-hybridized carbons (Fsp3) is 0.231. The highest BCUT2D eigenvalue weighted by molar-refractivity contribution is 6.00. The molecule has 0 aromatic carbocycles. The fourth-order valence-corrected chi connectivity index (χ4v) is 1.87. The maximum Gasteiger partial charge on any atom is 0.250 e. The third kappa shape index (κ3) is 1.84. The number of aliphatic hydroxyl groups excluding tert-OH is 1. The first-order valence-electron chi connectivity index (χ1n) is 5.60. The molecule has 0 aliphatic carbocycles. The number of fused-ring (bicyclic) bond motifs is 1. The number of nitrogens with two attached hydrogens (primary N) is 1. The van der Waals surface area contributed by atoms with Gasteiger partial charge in [-0.3, -0.25) is 9.59 Å². The first kappa shape index (κ1) is 12.2. The molecule has 0 saturated heterocycles. The molecule has 0 saturated carbocycles. The van der Waals surface area contributed by atoms with Crippen molar-refractivity contribution >= 4 is 17.2 Å². The van der Waals surface area contributed by atoms with Crippen LogP contribution in [0.4, 0.5) is 0 Å². The molecular weight excluding hydrogens is 232 g/mol. The molecular formula is C13H14N2O3. The average molecular weight is 246 g/mol. The van der Waals surface area contributed by atoms with Crippen LogP contribution in [0.5, 0.6) is 0 Å². The van der Waals surface area contributed by atoms with Crippen LogP contribution >= 0.6 is 0 Å². The first-order valence-corrected chi connectivity index (χ1v) is 5.60. The van der Waals surface area contributed by atoms with Gasteiger partial charge < -0.3 is 15.2 Å². The minimum absolute atomic E-state index is 0.0873. The van der Waals surface area contributed by atoms with Crippen molar-refractivity contribution in [2.45, 2.75) is 13.8 Å². The van der Waals surface area contributed by atoms with Gasteiger partial charge in [-0.1, -0.05) is 13.8 Å². The Morgan fingerprint density at radius 2 is 2.06 bits per heavy atom. The zero-order chi connectivity index (χ0) is 13.4. The molecule has 0 atom stereocenters. The van der Waals surface area contributed by atoms with E-state index in [1.165, 1.54) is 24.4 Å². The van der Waals surface area contributed by atoms with Gasteiger partial charge in [0.05, 0.1) is 16.4 Å². The number of primary amides is 1. The van der Waals surface area contributed by atoms with E-state index in [0.29, 0.717) is 10.9 Å². The van der Waals surface area contributed by atoms with Crippen molar-refractivity contribution < 1.29 is 9.90 Å². The number of aliphatic hydroxyl groups is 1. The largest absolute Gasteiger partial charge is 0.510 e. The van der Waals surface area contributed by atoms with E-state index < -0.39 is 5.91 Å². The van der Waals surface area contributed by atoms with E-state index >= 15 is 0 Å². The van der Waals surface area contributed by atoms with Gasteiger partial charge in [0.15, 0.2) is 5.43 Å². The SMILES string of the molecule is CC(C)C(O)=c1cc(C(N)=O)c2cc(=O)ccn12. The van der Waals surface area contributed by atoms with Crippen LogP contribution < -0.4 is 16.5 Å². The second-order valence-corrected chi connectivity index (χ2v) is 4.47. The Hall–Kier alpha value is -2.30. The van der Waals surface area contributed by atoms with Crippen LogP contribution in [0, 0.1) is 5.92 Å². The molecule has 5 heteroatoms. The molecule has 1 amide bonds. The van der Waals surface area contributed by atoms with Crippen LogP contribution in [0.2, 0.25) is 0 Å². The van der Waals surface area contributed by atoms with Crippen LogP contribution in [-0.2, 0) is 0 Å². The predicted molar refractivity (Wildman–Crippen MR) is 68.3 cm³/mol. The van der Waals surface area contributed by atoms with E-state index in [-0.39, 0.29) is 22.7 Å². The summed E-state index contributed by atoms with van der Waals surface area (Å²) >= 11 is 0. The van der Waals surface area contributed by atoms with Gasteiger partial charge in [0.25, 0.3) is 5.91 Å². The van der Waals surface area contributed by atoms with Crippen molar-refractivity contribution in [2.75, 3.05) is 0 Å². The van der Waals surface area contributed by atoms with Crippen molar-refractivity contribution in [2.24, 2.45) is 11.7 Å². The van der Waals surface area contributed by atoms with E-state index in [2.05, 4.69) is 0 Å². The van der Waals surface area contributed by atoms with Gasteiger partial charge in [-0.25, -0.2) is 0 Å². The Labute approximate surface area is 103 Å². The van der Waals surface area contributed by atoms with Crippen molar-refractivity contribution in [3.63, 3.8) is 0 Å². The monoisotopic (exact) mass is 246 g/mol. The number of aromatic nitrogens is 1. The second-order valence-electron chi connectivity index (χ2n) is 4.47. The smallest absolute Gasteiger partial charge is 0.250 e. The number of pyridine rings is 1. The average Bonchev–Trinajstić information content (AvgIpc) is 2.66. The van der Waals surface area contributed by atoms with Gasteiger partial charge in [0, 0.05) is 24.2 Å². The maximum absolute atomic E-state index is 11.3. The highest BCUT2D eigenvalue weighted by Gasteiger charge is 2.13.